The molecule has 3 rings (SSSR count). The normalized spacial score (nSPS) is 12.1. The van der Waals surface area contributed by atoms with Gasteiger partial charge < -0.3 is 10.2 Å². The van der Waals surface area contributed by atoms with Gasteiger partial charge in [0.1, 0.15) is 18.4 Å². The number of sulfonamides is 1. The van der Waals surface area contributed by atoms with E-state index < -0.39 is 34.3 Å². The van der Waals surface area contributed by atoms with Gasteiger partial charge in [0.05, 0.1) is 10.6 Å². The number of benzene rings is 3. The molecule has 0 spiro atoms. The van der Waals surface area contributed by atoms with E-state index in [1.54, 1.807) is 26.0 Å². The van der Waals surface area contributed by atoms with Crippen molar-refractivity contribution in [3.05, 3.63) is 93.7 Å². The van der Waals surface area contributed by atoms with Crippen molar-refractivity contribution in [1.29, 1.82) is 0 Å². The zero-order valence-corrected chi connectivity index (χ0v) is 24.2. The number of aryl methyl sites for hydroxylation is 1. The van der Waals surface area contributed by atoms with E-state index in [1.807, 2.05) is 6.92 Å². The van der Waals surface area contributed by atoms with Gasteiger partial charge >= 0.3 is 0 Å². The van der Waals surface area contributed by atoms with Crippen molar-refractivity contribution in [3.63, 3.8) is 0 Å². The van der Waals surface area contributed by atoms with Crippen LogP contribution in [0.2, 0.25) is 10.0 Å². The van der Waals surface area contributed by atoms with Crippen LogP contribution in [-0.4, -0.2) is 44.3 Å². The number of halogens is 3. The van der Waals surface area contributed by atoms with Crippen LogP contribution in [0, 0.1) is 12.7 Å². The third-order valence-electron chi connectivity index (χ3n) is 6.03. The van der Waals surface area contributed by atoms with Crippen LogP contribution in [0.3, 0.4) is 0 Å². The largest absolute Gasteiger partial charge is 0.355 e. The summed E-state index contributed by atoms with van der Waals surface area (Å²) in [4.78, 5) is 28.1. The minimum Gasteiger partial charge on any atom is -0.355 e. The summed E-state index contributed by atoms with van der Waals surface area (Å²) in [5.74, 6) is -1.46. The third-order valence-corrected chi connectivity index (χ3v) is 8.25. The monoisotopic (exact) mass is 593 g/mol. The molecule has 0 radical (unpaired) electrons. The number of amides is 2. The fourth-order valence-electron chi connectivity index (χ4n) is 4.05. The lowest BCUT2D eigenvalue weighted by atomic mass is 10.1. The van der Waals surface area contributed by atoms with Gasteiger partial charge in [-0.15, -0.1) is 0 Å². The Morgan fingerprint density at radius 3 is 2.08 bits per heavy atom. The summed E-state index contributed by atoms with van der Waals surface area (Å²) in [7, 11) is -4.26. The summed E-state index contributed by atoms with van der Waals surface area (Å²) in [6, 6.07) is 15.1. The Kier molecular flexibility index (Phi) is 10.4. The molecule has 0 fully saturated rings. The van der Waals surface area contributed by atoms with Gasteiger partial charge in [-0.05, 0) is 68.3 Å². The molecule has 3 aromatic rings. The highest BCUT2D eigenvalue weighted by atomic mass is 35.5. The molecule has 3 aromatic carbocycles. The van der Waals surface area contributed by atoms with Crippen molar-refractivity contribution < 1.29 is 22.4 Å². The summed E-state index contributed by atoms with van der Waals surface area (Å²) in [5.41, 5.74) is 1.53. The van der Waals surface area contributed by atoms with E-state index in [1.165, 1.54) is 59.5 Å². The van der Waals surface area contributed by atoms with Crippen LogP contribution in [0.25, 0.3) is 0 Å². The SMILES string of the molecule is CCNC(=O)[C@@H](CC)N(Cc1ccc(F)cc1)C(=O)CN(c1cc(Cl)cc(Cl)c1)S(=O)(=O)c1ccc(C)cc1. The molecule has 11 heteroatoms. The second kappa shape index (κ2) is 13.3. The third kappa shape index (κ3) is 7.71. The molecule has 7 nitrogen and oxygen atoms in total. The summed E-state index contributed by atoms with van der Waals surface area (Å²) < 4.78 is 42.2. The molecule has 208 valence electrons. The van der Waals surface area contributed by atoms with E-state index in [4.69, 9.17) is 23.2 Å². The van der Waals surface area contributed by atoms with Crippen LogP contribution >= 0.6 is 23.2 Å². The average molecular weight is 595 g/mol. The van der Waals surface area contributed by atoms with Gasteiger partial charge in [0.25, 0.3) is 10.0 Å². The molecule has 1 N–H and O–H groups in total. The van der Waals surface area contributed by atoms with E-state index in [2.05, 4.69) is 5.32 Å². The topological polar surface area (TPSA) is 86.8 Å². The van der Waals surface area contributed by atoms with E-state index >= 15 is 0 Å². The Balaban J connectivity index is 2.09. The molecule has 0 bridgehead atoms. The van der Waals surface area contributed by atoms with Gasteiger partial charge in [0.15, 0.2) is 0 Å². The predicted octanol–water partition coefficient (Wildman–Crippen LogP) is 5.58. The lowest BCUT2D eigenvalue weighted by Crippen LogP contribution is -2.52. The van der Waals surface area contributed by atoms with Crippen LogP contribution in [0.4, 0.5) is 10.1 Å². The molecule has 0 aliphatic rings. The average Bonchev–Trinajstić information content (AvgIpc) is 2.88. The second-order valence-electron chi connectivity index (χ2n) is 8.92. The molecule has 0 saturated heterocycles. The highest BCUT2D eigenvalue weighted by Gasteiger charge is 2.33. The lowest BCUT2D eigenvalue weighted by molar-refractivity contribution is -0.140. The smallest absolute Gasteiger partial charge is 0.264 e. The summed E-state index contributed by atoms with van der Waals surface area (Å²) >= 11 is 12.4. The first-order chi connectivity index (χ1) is 18.5. The number of hydrogen-bond donors (Lipinski definition) is 1. The molecule has 1 atom stereocenters. The molecule has 0 heterocycles. The number of carbonyl (C=O) groups is 2. The van der Waals surface area contributed by atoms with Gasteiger partial charge in [-0.1, -0.05) is 60.0 Å². The standard InChI is InChI=1S/C28H30Cl2FN3O4S/c1-4-26(28(36)32-5-2)33(17-20-8-10-23(31)11-9-20)27(35)18-34(24-15-21(29)14-22(30)16-24)39(37,38)25-12-6-19(3)7-13-25/h6-16,26H,4-5,17-18H2,1-3H3,(H,32,36)/t26-/m1/s1. The highest BCUT2D eigenvalue weighted by molar-refractivity contribution is 7.92. The molecular weight excluding hydrogens is 564 g/mol. The number of rotatable bonds is 11. The van der Waals surface area contributed by atoms with E-state index in [0.29, 0.717) is 12.1 Å². The molecule has 2 amide bonds. The van der Waals surface area contributed by atoms with Crippen molar-refractivity contribution in [2.75, 3.05) is 17.4 Å². The summed E-state index contributed by atoms with van der Waals surface area (Å²) in [6.07, 6.45) is 0.270. The zero-order valence-electron chi connectivity index (χ0n) is 21.8. The van der Waals surface area contributed by atoms with Gasteiger partial charge in [-0.3, -0.25) is 13.9 Å². The van der Waals surface area contributed by atoms with E-state index in [0.717, 1.165) is 9.87 Å². The zero-order chi connectivity index (χ0) is 28.7. The Bertz CT molecular complexity index is 1400. The molecule has 0 saturated carbocycles. The lowest BCUT2D eigenvalue weighted by Gasteiger charge is -2.33. The van der Waals surface area contributed by atoms with Gasteiger partial charge in [0.2, 0.25) is 11.8 Å². The predicted molar refractivity (Wildman–Crippen MR) is 152 cm³/mol. The quantitative estimate of drug-likeness (QED) is 0.314. The van der Waals surface area contributed by atoms with Crippen LogP contribution in [0.5, 0.6) is 0 Å². The Morgan fingerprint density at radius 1 is 0.949 bits per heavy atom. The maximum Gasteiger partial charge on any atom is 0.264 e. The molecule has 0 aromatic heterocycles. The fourth-order valence-corrected chi connectivity index (χ4v) is 5.96. The highest BCUT2D eigenvalue weighted by Crippen LogP contribution is 2.30. The van der Waals surface area contributed by atoms with Gasteiger partial charge in [-0.25, -0.2) is 12.8 Å². The van der Waals surface area contributed by atoms with Crippen molar-refractivity contribution in [1.82, 2.24) is 10.2 Å². The molecule has 0 aliphatic heterocycles. The number of nitrogens with one attached hydrogen (secondary N) is 1. The van der Waals surface area contributed by atoms with E-state index in [-0.39, 0.29) is 39.5 Å². The van der Waals surface area contributed by atoms with E-state index in [9.17, 15) is 22.4 Å². The first kappa shape index (κ1) is 30.4. The number of anilines is 1. The van der Waals surface area contributed by atoms with Crippen molar-refractivity contribution in [2.24, 2.45) is 0 Å². The minimum absolute atomic E-state index is 0.0298. The summed E-state index contributed by atoms with van der Waals surface area (Å²) in [6.45, 7) is 5.02. The number of likely N-dealkylation sites (N-methyl/N-ethyl adjacent to an activating group) is 1. The van der Waals surface area contributed by atoms with Crippen molar-refractivity contribution in [2.45, 2.75) is 44.7 Å². The van der Waals surface area contributed by atoms with Crippen LogP contribution in [-0.2, 0) is 26.2 Å². The summed E-state index contributed by atoms with van der Waals surface area (Å²) in [5, 5.41) is 3.10. The molecule has 39 heavy (non-hydrogen) atoms. The maximum atomic E-state index is 13.9. The first-order valence-electron chi connectivity index (χ1n) is 12.3. The Morgan fingerprint density at radius 2 is 1.54 bits per heavy atom. The Labute approximate surface area is 238 Å². The fraction of sp³-hybridized carbons (Fsp3) is 0.286. The van der Waals surface area contributed by atoms with Crippen LogP contribution in [0.15, 0.2) is 71.6 Å². The first-order valence-corrected chi connectivity index (χ1v) is 14.5. The van der Waals surface area contributed by atoms with Gasteiger partial charge in [-0.2, -0.15) is 0 Å². The minimum atomic E-state index is -4.26. The maximum absolute atomic E-state index is 13.9. The molecule has 0 aliphatic carbocycles. The number of hydrogen-bond acceptors (Lipinski definition) is 4. The number of carbonyl (C=O) groups excluding carboxylic acids is 2. The second-order valence-corrected chi connectivity index (χ2v) is 11.7. The Hall–Kier alpha value is -3.14. The van der Waals surface area contributed by atoms with Gasteiger partial charge in [0, 0.05) is 23.1 Å². The van der Waals surface area contributed by atoms with Crippen LogP contribution in [0.1, 0.15) is 31.4 Å². The van der Waals surface area contributed by atoms with Crippen molar-refractivity contribution >= 4 is 50.7 Å². The van der Waals surface area contributed by atoms with Crippen molar-refractivity contribution in [3.8, 4) is 0 Å². The molecule has 0 unspecified atom stereocenters. The number of nitrogens with zero attached hydrogens (tertiary/aromatic N) is 2. The van der Waals surface area contributed by atoms with Crippen LogP contribution < -0.4 is 9.62 Å². The molecular formula is C28H30Cl2FN3O4S.